The summed E-state index contributed by atoms with van der Waals surface area (Å²) in [5.41, 5.74) is 0.576. The van der Waals surface area contributed by atoms with Crippen molar-refractivity contribution >= 4 is 17.8 Å². The van der Waals surface area contributed by atoms with E-state index < -0.39 is 5.60 Å². The van der Waals surface area contributed by atoms with Crippen molar-refractivity contribution in [1.29, 1.82) is 0 Å². The first-order valence-electron chi connectivity index (χ1n) is 10.1. The lowest BCUT2D eigenvalue weighted by molar-refractivity contribution is -0.129. The van der Waals surface area contributed by atoms with Gasteiger partial charge < -0.3 is 19.1 Å². The maximum atomic E-state index is 13.0. The molecule has 7 heteroatoms. The number of carbonyl (C=O) groups is 2. The number of benzene rings is 2. The molecule has 0 radical (unpaired) electrons. The van der Waals surface area contributed by atoms with Crippen LogP contribution in [-0.2, 0) is 4.79 Å². The molecule has 2 heterocycles. The monoisotopic (exact) mass is 425 g/mol. The summed E-state index contributed by atoms with van der Waals surface area (Å²) in [7, 11) is 3.05. The quantitative estimate of drug-likeness (QED) is 0.696. The molecule has 31 heavy (non-hydrogen) atoms. The Hall–Kier alpha value is -3.35. The number of hydrogen-bond acceptors (Lipinski definition) is 5. The molecule has 0 aliphatic carbocycles. The maximum Gasteiger partial charge on any atom is 0.246 e. The average Bonchev–Trinajstić information content (AvgIpc) is 2.78. The van der Waals surface area contributed by atoms with E-state index in [1.54, 1.807) is 35.2 Å². The van der Waals surface area contributed by atoms with Gasteiger partial charge in [0, 0.05) is 32.0 Å². The van der Waals surface area contributed by atoms with Crippen LogP contribution in [0.5, 0.6) is 17.2 Å². The number of methoxy groups -OCH3 is 2. The van der Waals surface area contributed by atoms with Crippen LogP contribution in [0.3, 0.4) is 0 Å². The topological polar surface area (TPSA) is 65.1 Å². The number of hydrogen-bond donors (Lipinski definition) is 0. The van der Waals surface area contributed by atoms with Gasteiger partial charge in [-0.15, -0.1) is 0 Å². The number of fused-ring (bicyclic) bond motifs is 1. The molecule has 0 bridgehead atoms. The fourth-order valence-corrected chi connectivity index (χ4v) is 4.12. The second-order valence-corrected chi connectivity index (χ2v) is 7.77. The Labute approximate surface area is 180 Å². The number of rotatable bonds is 4. The fraction of sp³-hybridized carbons (Fsp3) is 0.333. The SMILES string of the molecule is COc1ccc2c(c1OC)OC1(CCN(C(=O)/C=C/c3ccc(F)cc3)CC1)CC2=O. The smallest absolute Gasteiger partial charge is 0.246 e. The molecule has 2 aliphatic rings. The lowest BCUT2D eigenvalue weighted by atomic mass is 9.82. The molecule has 0 N–H and O–H groups in total. The molecule has 6 nitrogen and oxygen atoms in total. The standard InChI is InChI=1S/C24H24FNO5/c1-29-20-9-8-18-19(27)15-24(31-22(18)23(20)30-2)11-13-26(14-12-24)21(28)10-5-16-3-6-17(25)7-4-16/h3-10H,11-15H2,1-2H3/b10-5+. The van der Waals surface area contributed by atoms with Gasteiger partial charge in [0.05, 0.1) is 26.2 Å². The summed E-state index contributed by atoms with van der Waals surface area (Å²) < 4.78 is 30.1. The fourth-order valence-electron chi connectivity index (χ4n) is 4.12. The summed E-state index contributed by atoms with van der Waals surface area (Å²) in [4.78, 5) is 27.1. The van der Waals surface area contributed by atoms with E-state index in [-0.39, 0.29) is 23.9 Å². The third-order valence-corrected chi connectivity index (χ3v) is 5.88. The number of halogens is 1. The predicted octanol–water partition coefficient (Wildman–Crippen LogP) is 3.88. The van der Waals surface area contributed by atoms with E-state index in [0.717, 1.165) is 5.56 Å². The normalized spacial score (nSPS) is 17.4. The first-order chi connectivity index (χ1) is 14.9. The minimum atomic E-state index is -0.665. The van der Waals surface area contributed by atoms with Gasteiger partial charge in [-0.25, -0.2) is 4.39 Å². The first kappa shape index (κ1) is 20.9. The van der Waals surface area contributed by atoms with Gasteiger partial charge >= 0.3 is 0 Å². The van der Waals surface area contributed by atoms with Crippen molar-refractivity contribution in [3.8, 4) is 17.2 Å². The number of ether oxygens (including phenoxy) is 3. The van der Waals surface area contributed by atoms with Crippen molar-refractivity contribution in [2.45, 2.75) is 24.9 Å². The zero-order valence-corrected chi connectivity index (χ0v) is 17.5. The molecule has 0 aromatic heterocycles. The molecule has 1 spiro atoms. The molecule has 1 fully saturated rings. The van der Waals surface area contributed by atoms with Crippen LogP contribution < -0.4 is 14.2 Å². The summed E-state index contributed by atoms with van der Waals surface area (Å²) >= 11 is 0. The molecule has 1 saturated heterocycles. The molecule has 162 valence electrons. The van der Waals surface area contributed by atoms with E-state index >= 15 is 0 Å². The Morgan fingerprint density at radius 2 is 1.81 bits per heavy atom. The molecule has 1 amide bonds. The summed E-state index contributed by atoms with van der Waals surface area (Å²) in [5, 5.41) is 0. The number of carbonyl (C=O) groups excluding carboxylic acids is 2. The lowest BCUT2D eigenvalue weighted by Gasteiger charge is -2.44. The van der Waals surface area contributed by atoms with Crippen LogP contribution in [0.1, 0.15) is 35.2 Å². The summed E-state index contributed by atoms with van der Waals surface area (Å²) in [6.07, 6.45) is 4.49. The van der Waals surface area contributed by atoms with E-state index in [4.69, 9.17) is 14.2 Å². The maximum absolute atomic E-state index is 13.0. The van der Waals surface area contributed by atoms with Crippen molar-refractivity contribution in [1.82, 2.24) is 4.90 Å². The zero-order chi connectivity index (χ0) is 22.0. The molecular weight excluding hydrogens is 401 g/mol. The summed E-state index contributed by atoms with van der Waals surface area (Å²) in [6, 6.07) is 9.34. The average molecular weight is 425 g/mol. The lowest BCUT2D eigenvalue weighted by Crippen LogP contribution is -2.52. The van der Waals surface area contributed by atoms with Gasteiger partial charge in [0.25, 0.3) is 0 Å². The van der Waals surface area contributed by atoms with Gasteiger partial charge in [0.2, 0.25) is 11.7 Å². The van der Waals surface area contributed by atoms with Crippen molar-refractivity contribution in [3.05, 3.63) is 59.4 Å². The number of likely N-dealkylation sites (tertiary alicyclic amines) is 1. The third kappa shape index (κ3) is 4.13. The second-order valence-electron chi connectivity index (χ2n) is 7.77. The Bertz CT molecular complexity index is 1020. The highest BCUT2D eigenvalue weighted by Crippen LogP contribution is 2.47. The van der Waals surface area contributed by atoms with Crippen LogP contribution >= 0.6 is 0 Å². The third-order valence-electron chi connectivity index (χ3n) is 5.88. The number of nitrogens with zero attached hydrogens (tertiary/aromatic N) is 1. The molecule has 4 rings (SSSR count). The highest BCUT2D eigenvalue weighted by Gasteiger charge is 2.45. The van der Waals surface area contributed by atoms with E-state index in [9.17, 15) is 14.0 Å². The predicted molar refractivity (Wildman–Crippen MR) is 113 cm³/mol. The Kier molecular flexibility index (Phi) is 5.67. The van der Waals surface area contributed by atoms with Gasteiger partial charge in [-0.1, -0.05) is 12.1 Å². The highest BCUT2D eigenvalue weighted by molar-refractivity contribution is 6.01. The van der Waals surface area contributed by atoms with Crippen LogP contribution in [-0.4, -0.2) is 49.5 Å². The summed E-state index contributed by atoms with van der Waals surface area (Å²) in [6.45, 7) is 0.947. The second kappa shape index (κ2) is 8.41. The minimum Gasteiger partial charge on any atom is -0.493 e. The van der Waals surface area contributed by atoms with Crippen molar-refractivity contribution in [2.24, 2.45) is 0 Å². The molecular formula is C24H24FNO5. The van der Waals surface area contributed by atoms with Crippen LogP contribution in [0.4, 0.5) is 4.39 Å². The van der Waals surface area contributed by atoms with E-state index in [1.165, 1.54) is 32.4 Å². The number of piperidine rings is 1. The molecule has 2 aromatic rings. The van der Waals surface area contributed by atoms with Gasteiger partial charge in [0.15, 0.2) is 17.3 Å². The zero-order valence-electron chi connectivity index (χ0n) is 17.5. The Balaban J connectivity index is 1.46. The first-order valence-corrected chi connectivity index (χ1v) is 10.1. The number of Topliss-reactive ketones (excluding diaryl/α,β-unsaturated/α-hetero) is 1. The molecule has 0 atom stereocenters. The Morgan fingerprint density at radius 3 is 2.45 bits per heavy atom. The van der Waals surface area contributed by atoms with E-state index in [2.05, 4.69) is 0 Å². The van der Waals surface area contributed by atoms with Crippen molar-refractivity contribution < 1.29 is 28.2 Å². The molecule has 0 unspecified atom stereocenters. The molecule has 2 aromatic carbocycles. The van der Waals surface area contributed by atoms with Gasteiger partial charge in [0.1, 0.15) is 11.4 Å². The van der Waals surface area contributed by atoms with E-state index in [0.29, 0.717) is 48.7 Å². The van der Waals surface area contributed by atoms with Gasteiger partial charge in [-0.3, -0.25) is 9.59 Å². The molecule has 0 saturated carbocycles. The van der Waals surface area contributed by atoms with Crippen molar-refractivity contribution in [3.63, 3.8) is 0 Å². The van der Waals surface area contributed by atoms with Gasteiger partial charge in [-0.2, -0.15) is 0 Å². The van der Waals surface area contributed by atoms with Crippen LogP contribution in [0, 0.1) is 5.82 Å². The summed E-state index contributed by atoms with van der Waals surface area (Å²) in [5.74, 6) is 0.883. The van der Waals surface area contributed by atoms with Crippen LogP contribution in [0.15, 0.2) is 42.5 Å². The minimum absolute atomic E-state index is 0.00168. The van der Waals surface area contributed by atoms with Crippen LogP contribution in [0.25, 0.3) is 6.08 Å². The van der Waals surface area contributed by atoms with E-state index in [1.807, 2.05) is 0 Å². The number of amides is 1. The van der Waals surface area contributed by atoms with Gasteiger partial charge in [-0.05, 0) is 35.9 Å². The molecule has 2 aliphatic heterocycles. The largest absolute Gasteiger partial charge is 0.493 e. The Morgan fingerprint density at radius 1 is 1.10 bits per heavy atom. The van der Waals surface area contributed by atoms with Crippen molar-refractivity contribution in [2.75, 3.05) is 27.3 Å². The number of ketones is 1. The highest BCUT2D eigenvalue weighted by atomic mass is 19.1. The van der Waals surface area contributed by atoms with Crippen LogP contribution in [0.2, 0.25) is 0 Å².